The SMILES string of the molecule is CN1CCc2ncnc(NC[C@@H]3C[C@H](F)CN3Cc3ccnn3C)c2C1. The Morgan fingerprint density at radius 2 is 2.19 bits per heavy atom. The number of anilines is 1. The lowest BCUT2D eigenvalue weighted by molar-refractivity contribution is 0.235. The van der Waals surface area contributed by atoms with E-state index in [9.17, 15) is 4.39 Å². The Balaban J connectivity index is 1.44. The highest BCUT2D eigenvalue weighted by Gasteiger charge is 2.32. The first-order valence-electron chi connectivity index (χ1n) is 9.20. The summed E-state index contributed by atoms with van der Waals surface area (Å²) in [6.45, 7) is 3.75. The normalized spacial score (nSPS) is 24.0. The summed E-state index contributed by atoms with van der Waals surface area (Å²) >= 11 is 0. The van der Waals surface area contributed by atoms with Crippen molar-refractivity contribution in [3.05, 3.63) is 35.5 Å². The van der Waals surface area contributed by atoms with E-state index >= 15 is 0 Å². The minimum absolute atomic E-state index is 0.145. The van der Waals surface area contributed by atoms with Crippen LogP contribution in [0.4, 0.5) is 10.2 Å². The molecule has 140 valence electrons. The Bertz CT molecular complexity index is 762. The molecule has 0 bridgehead atoms. The van der Waals surface area contributed by atoms with E-state index in [-0.39, 0.29) is 6.04 Å². The largest absolute Gasteiger partial charge is 0.368 e. The molecule has 0 radical (unpaired) electrons. The number of hydrogen-bond acceptors (Lipinski definition) is 6. The van der Waals surface area contributed by atoms with Crippen LogP contribution in [-0.4, -0.2) is 68.4 Å². The lowest BCUT2D eigenvalue weighted by atomic mass is 10.1. The fourth-order valence-electron chi connectivity index (χ4n) is 3.94. The molecule has 0 amide bonds. The van der Waals surface area contributed by atoms with Crippen LogP contribution in [0, 0.1) is 0 Å². The van der Waals surface area contributed by atoms with E-state index in [1.165, 1.54) is 5.56 Å². The fraction of sp³-hybridized carbons (Fsp3) is 0.611. The number of halogens is 1. The molecular formula is C18H26FN7. The van der Waals surface area contributed by atoms with Gasteiger partial charge in [0.25, 0.3) is 0 Å². The van der Waals surface area contributed by atoms with E-state index in [4.69, 9.17) is 0 Å². The third kappa shape index (κ3) is 3.57. The Morgan fingerprint density at radius 1 is 1.31 bits per heavy atom. The molecule has 0 aliphatic carbocycles. The molecule has 0 saturated carbocycles. The van der Waals surface area contributed by atoms with Gasteiger partial charge in [-0.25, -0.2) is 14.4 Å². The summed E-state index contributed by atoms with van der Waals surface area (Å²) in [7, 11) is 4.04. The second-order valence-electron chi connectivity index (χ2n) is 7.38. The van der Waals surface area contributed by atoms with E-state index in [2.05, 4.69) is 37.2 Å². The summed E-state index contributed by atoms with van der Waals surface area (Å²) < 4.78 is 15.9. The van der Waals surface area contributed by atoms with Crippen molar-refractivity contribution in [3.63, 3.8) is 0 Å². The van der Waals surface area contributed by atoms with Gasteiger partial charge >= 0.3 is 0 Å². The second-order valence-corrected chi connectivity index (χ2v) is 7.38. The zero-order valence-electron chi connectivity index (χ0n) is 15.4. The smallest absolute Gasteiger partial charge is 0.134 e. The molecule has 2 aromatic heterocycles. The van der Waals surface area contributed by atoms with Gasteiger partial charge in [-0.1, -0.05) is 0 Å². The maximum Gasteiger partial charge on any atom is 0.134 e. The molecule has 4 heterocycles. The van der Waals surface area contributed by atoms with Crippen molar-refractivity contribution in [3.8, 4) is 0 Å². The molecule has 1 saturated heterocycles. The fourth-order valence-corrected chi connectivity index (χ4v) is 3.94. The predicted molar refractivity (Wildman–Crippen MR) is 97.5 cm³/mol. The first-order chi connectivity index (χ1) is 12.6. The number of hydrogen-bond donors (Lipinski definition) is 1. The first kappa shape index (κ1) is 17.4. The van der Waals surface area contributed by atoms with Crippen LogP contribution in [0.25, 0.3) is 0 Å². The van der Waals surface area contributed by atoms with Crippen molar-refractivity contribution in [1.82, 2.24) is 29.5 Å². The minimum atomic E-state index is -0.777. The molecule has 2 aliphatic rings. The number of rotatable bonds is 5. The van der Waals surface area contributed by atoms with Gasteiger partial charge in [0.2, 0.25) is 0 Å². The van der Waals surface area contributed by atoms with Crippen molar-refractivity contribution in [2.24, 2.45) is 7.05 Å². The average Bonchev–Trinajstić information content (AvgIpc) is 3.18. The highest BCUT2D eigenvalue weighted by molar-refractivity contribution is 5.47. The summed E-state index contributed by atoms with van der Waals surface area (Å²) in [4.78, 5) is 13.3. The van der Waals surface area contributed by atoms with Gasteiger partial charge in [0, 0.05) is 64.0 Å². The zero-order valence-corrected chi connectivity index (χ0v) is 15.4. The standard InChI is InChI=1S/C18H26FN7/c1-24-6-4-17-16(11-24)18(22-12-21-17)20-8-15-7-13(19)9-26(15)10-14-3-5-23-25(14)2/h3,5,12-13,15H,4,6-11H2,1-2H3,(H,20,21,22)/t13-,15-/m0/s1. The maximum absolute atomic E-state index is 14.1. The summed E-state index contributed by atoms with van der Waals surface area (Å²) in [5.41, 5.74) is 3.40. The van der Waals surface area contributed by atoms with Gasteiger partial charge in [0.15, 0.2) is 0 Å². The molecule has 4 rings (SSSR count). The number of alkyl halides is 1. The first-order valence-corrected chi connectivity index (χ1v) is 9.20. The van der Waals surface area contributed by atoms with Crippen LogP contribution >= 0.6 is 0 Å². The quantitative estimate of drug-likeness (QED) is 0.866. The Morgan fingerprint density at radius 3 is 3.00 bits per heavy atom. The molecular weight excluding hydrogens is 333 g/mol. The van der Waals surface area contributed by atoms with Crippen molar-refractivity contribution in [2.75, 3.05) is 32.0 Å². The molecule has 2 aliphatic heterocycles. The van der Waals surface area contributed by atoms with Crippen molar-refractivity contribution in [1.29, 1.82) is 0 Å². The summed E-state index contributed by atoms with van der Waals surface area (Å²) in [6, 6.07) is 2.14. The van der Waals surface area contributed by atoms with Gasteiger partial charge in [0.1, 0.15) is 18.3 Å². The van der Waals surface area contributed by atoms with Crippen LogP contribution in [-0.2, 0) is 26.6 Å². The third-order valence-electron chi connectivity index (χ3n) is 5.46. The van der Waals surface area contributed by atoms with Crippen LogP contribution in [0.5, 0.6) is 0 Å². The molecule has 2 aromatic rings. The topological polar surface area (TPSA) is 62.1 Å². The van der Waals surface area contributed by atoms with Crippen LogP contribution in [0.2, 0.25) is 0 Å². The summed E-state index contributed by atoms with van der Waals surface area (Å²) in [5.74, 6) is 0.893. The number of aromatic nitrogens is 4. The van der Waals surface area contributed by atoms with Gasteiger partial charge in [-0.05, 0) is 19.5 Å². The molecule has 0 aromatic carbocycles. The molecule has 26 heavy (non-hydrogen) atoms. The van der Waals surface area contributed by atoms with E-state index < -0.39 is 6.17 Å². The number of aryl methyl sites for hydroxylation is 1. The van der Waals surface area contributed by atoms with E-state index in [1.54, 1.807) is 12.5 Å². The number of likely N-dealkylation sites (tertiary alicyclic amines) is 1. The van der Waals surface area contributed by atoms with Crippen molar-refractivity contribution >= 4 is 5.82 Å². The monoisotopic (exact) mass is 359 g/mol. The molecule has 8 heteroatoms. The van der Waals surface area contributed by atoms with Crippen molar-refractivity contribution in [2.45, 2.75) is 38.1 Å². The van der Waals surface area contributed by atoms with Crippen molar-refractivity contribution < 1.29 is 4.39 Å². The minimum Gasteiger partial charge on any atom is -0.368 e. The Hall–Kier alpha value is -2.06. The molecule has 2 atom stereocenters. The van der Waals surface area contributed by atoms with E-state index in [0.29, 0.717) is 26.1 Å². The number of nitrogens with zero attached hydrogens (tertiary/aromatic N) is 6. The van der Waals surface area contributed by atoms with E-state index in [0.717, 1.165) is 36.7 Å². The van der Waals surface area contributed by atoms with Crippen LogP contribution in [0.3, 0.4) is 0 Å². The Labute approximate surface area is 153 Å². The zero-order chi connectivity index (χ0) is 18.1. The predicted octanol–water partition coefficient (Wildman–Crippen LogP) is 1.22. The third-order valence-corrected chi connectivity index (χ3v) is 5.46. The average molecular weight is 359 g/mol. The van der Waals surface area contributed by atoms with Gasteiger partial charge in [-0.3, -0.25) is 9.58 Å². The van der Waals surface area contributed by atoms with Crippen LogP contribution in [0.15, 0.2) is 18.6 Å². The van der Waals surface area contributed by atoms with Gasteiger partial charge < -0.3 is 10.2 Å². The lowest BCUT2D eigenvalue weighted by Gasteiger charge is -2.27. The molecule has 7 nitrogen and oxygen atoms in total. The molecule has 0 spiro atoms. The van der Waals surface area contributed by atoms with Gasteiger partial charge in [-0.2, -0.15) is 5.10 Å². The number of nitrogens with one attached hydrogen (secondary N) is 1. The van der Waals surface area contributed by atoms with E-state index in [1.807, 2.05) is 17.8 Å². The highest BCUT2D eigenvalue weighted by Crippen LogP contribution is 2.25. The van der Waals surface area contributed by atoms with Crippen LogP contribution < -0.4 is 5.32 Å². The highest BCUT2D eigenvalue weighted by atomic mass is 19.1. The Kier molecular flexibility index (Phi) is 4.86. The molecule has 0 unspecified atom stereocenters. The summed E-state index contributed by atoms with van der Waals surface area (Å²) in [5, 5.41) is 7.68. The van der Waals surface area contributed by atoms with Gasteiger partial charge in [0.05, 0.1) is 11.4 Å². The molecule has 1 N–H and O–H groups in total. The maximum atomic E-state index is 14.1. The summed E-state index contributed by atoms with van der Waals surface area (Å²) in [6.07, 6.45) is 4.14. The number of likely N-dealkylation sites (N-methyl/N-ethyl adjacent to an activating group) is 1. The van der Waals surface area contributed by atoms with Gasteiger partial charge in [-0.15, -0.1) is 0 Å². The lowest BCUT2D eigenvalue weighted by Crippen LogP contribution is -2.36. The number of fused-ring (bicyclic) bond motifs is 1. The second kappa shape index (κ2) is 7.28. The molecule has 1 fully saturated rings. The van der Waals surface area contributed by atoms with Crippen LogP contribution in [0.1, 0.15) is 23.4 Å².